The van der Waals surface area contributed by atoms with Gasteiger partial charge in [0.15, 0.2) is 5.78 Å². The highest BCUT2D eigenvalue weighted by Gasteiger charge is 2.50. The zero-order valence-corrected chi connectivity index (χ0v) is 22.0. The SMILES string of the molecule is CCN1C(=O)C2=C(CC1(C)C)OC1=C(C(=O)CC(C)(C)C1)[C@H]2c1cc(C(=O)O)c(C)c2cc(C)oc12. The number of allylic oxidation sites excluding steroid dienone is 2. The molecule has 190 valence electrons. The Kier molecular flexibility index (Phi) is 5.29. The monoisotopic (exact) mass is 491 g/mol. The van der Waals surface area contributed by atoms with E-state index < -0.39 is 17.4 Å². The van der Waals surface area contributed by atoms with Crippen molar-refractivity contribution in [2.45, 2.75) is 79.2 Å². The molecule has 1 atom stereocenters. The van der Waals surface area contributed by atoms with Crippen LogP contribution in [0.25, 0.3) is 11.0 Å². The first kappa shape index (κ1) is 24.3. The molecule has 3 heterocycles. The molecule has 36 heavy (non-hydrogen) atoms. The van der Waals surface area contributed by atoms with Crippen LogP contribution in [-0.2, 0) is 14.3 Å². The molecule has 0 radical (unpaired) electrons. The minimum Gasteiger partial charge on any atom is -0.478 e. The number of aryl methyl sites for hydroxylation is 2. The van der Waals surface area contributed by atoms with Gasteiger partial charge in [0.25, 0.3) is 5.91 Å². The number of nitrogens with zero attached hydrogens (tertiary/aromatic N) is 1. The maximum atomic E-state index is 14.0. The van der Waals surface area contributed by atoms with Gasteiger partial charge in [0.2, 0.25) is 0 Å². The molecule has 3 aliphatic rings. The summed E-state index contributed by atoms with van der Waals surface area (Å²) in [6.45, 7) is 14.1. The van der Waals surface area contributed by atoms with Crippen LogP contribution < -0.4 is 0 Å². The summed E-state index contributed by atoms with van der Waals surface area (Å²) in [5, 5.41) is 10.7. The van der Waals surface area contributed by atoms with Crippen LogP contribution in [0, 0.1) is 19.3 Å². The van der Waals surface area contributed by atoms with Crippen molar-refractivity contribution >= 4 is 28.6 Å². The van der Waals surface area contributed by atoms with E-state index in [0.717, 1.165) is 0 Å². The average molecular weight is 492 g/mol. The second kappa shape index (κ2) is 7.82. The molecule has 2 aromatic rings. The Morgan fingerprint density at radius 1 is 1.06 bits per heavy atom. The minimum atomic E-state index is -1.06. The van der Waals surface area contributed by atoms with Crippen molar-refractivity contribution in [3.05, 3.63) is 57.2 Å². The summed E-state index contributed by atoms with van der Waals surface area (Å²) in [6.07, 6.45) is 1.39. The lowest BCUT2D eigenvalue weighted by atomic mass is 9.68. The number of rotatable bonds is 3. The topological polar surface area (TPSA) is 97.0 Å². The quantitative estimate of drug-likeness (QED) is 0.584. The van der Waals surface area contributed by atoms with Gasteiger partial charge in [-0.3, -0.25) is 9.59 Å². The molecule has 0 fully saturated rings. The number of fused-ring (bicyclic) bond motifs is 1. The molecule has 0 unspecified atom stereocenters. The van der Waals surface area contributed by atoms with Crippen molar-refractivity contribution < 1.29 is 28.6 Å². The van der Waals surface area contributed by atoms with Gasteiger partial charge >= 0.3 is 5.97 Å². The van der Waals surface area contributed by atoms with E-state index in [1.807, 2.05) is 52.5 Å². The van der Waals surface area contributed by atoms with Crippen molar-refractivity contribution in [3.63, 3.8) is 0 Å². The van der Waals surface area contributed by atoms with E-state index in [9.17, 15) is 19.5 Å². The lowest BCUT2D eigenvalue weighted by Crippen LogP contribution is -2.53. The second-order valence-corrected chi connectivity index (χ2v) is 11.7. The van der Waals surface area contributed by atoms with Crippen LogP contribution >= 0.6 is 0 Å². The number of likely N-dealkylation sites (N-methyl/N-ethyl adjacent to an activating group) is 1. The fourth-order valence-electron chi connectivity index (χ4n) is 6.28. The molecule has 1 amide bonds. The number of carboxylic acid groups (broad SMARTS) is 1. The Morgan fingerprint density at radius 2 is 1.72 bits per heavy atom. The van der Waals surface area contributed by atoms with Gasteiger partial charge in [-0.25, -0.2) is 4.79 Å². The number of furan rings is 1. The van der Waals surface area contributed by atoms with Gasteiger partial charge in [-0.2, -0.15) is 0 Å². The van der Waals surface area contributed by atoms with Crippen molar-refractivity contribution in [1.29, 1.82) is 0 Å². The van der Waals surface area contributed by atoms with Crippen LogP contribution in [0.15, 0.2) is 39.2 Å². The van der Waals surface area contributed by atoms with Gasteiger partial charge < -0.3 is 19.2 Å². The number of carboxylic acids is 1. The highest BCUT2D eigenvalue weighted by molar-refractivity contribution is 6.07. The Morgan fingerprint density at radius 3 is 2.36 bits per heavy atom. The lowest BCUT2D eigenvalue weighted by Gasteiger charge is -2.47. The molecule has 7 heteroatoms. The summed E-state index contributed by atoms with van der Waals surface area (Å²) in [5.41, 5.74) is 1.90. The van der Waals surface area contributed by atoms with Gasteiger partial charge in [-0.15, -0.1) is 0 Å². The van der Waals surface area contributed by atoms with E-state index in [1.165, 1.54) is 0 Å². The maximum absolute atomic E-state index is 14.0. The van der Waals surface area contributed by atoms with E-state index >= 15 is 0 Å². The number of aromatic carboxylic acids is 1. The number of hydrogen-bond donors (Lipinski definition) is 1. The molecule has 0 bridgehead atoms. The van der Waals surface area contributed by atoms with Crippen LogP contribution in [0.2, 0.25) is 0 Å². The Labute approximate surface area is 210 Å². The third-order valence-corrected chi connectivity index (χ3v) is 7.89. The van der Waals surface area contributed by atoms with E-state index in [2.05, 4.69) is 0 Å². The lowest BCUT2D eigenvalue weighted by molar-refractivity contribution is -0.134. The fourth-order valence-corrected chi connectivity index (χ4v) is 6.28. The number of hydrogen-bond acceptors (Lipinski definition) is 5. The zero-order valence-electron chi connectivity index (χ0n) is 22.0. The van der Waals surface area contributed by atoms with Crippen molar-refractivity contribution in [2.24, 2.45) is 5.41 Å². The molecule has 7 nitrogen and oxygen atoms in total. The van der Waals surface area contributed by atoms with Crippen LogP contribution in [0.1, 0.15) is 87.0 Å². The summed E-state index contributed by atoms with van der Waals surface area (Å²) in [4.78, 5) is 41.8. The third kappa shape index (κ3) is 3.51. The van der Waals surface area contributed by atoms with Crippen molar-refractivity contribution in [3.8, 4) is 0 Å². The Bertz CT molecular complexity index is 1420. The molecule has 1 aliphatic carbocycles. The Balaban J connectivity index is 1.86. The van der Waals surface area contributed by atoms with Crippen LogP contribution in [0.3, 0.4) is 0 Å². The number of ketones is 1. The molecule has 1 N–H and O–H groups in total. The first-order chi connectivity index (χ1) is 16.8. The van der Waals surface area contributed by atoms with E-state index in [0.29, 0.717) is 76.3 Å². The van der Waals surface area contributed by atoms with Gasteiger partial charge in [-0.05, 0) is 57.7 Å². The van der Waals surface area contributed by atoms with E-state index in [-0.39, 0.29) is 22.7 Å². The molecular formula is C29H33NO6. The number of carbonyl (C=O) groups is 3. The fraction of sp³-hybridized carbons (Fsp3) is 0.483. The Hall–Kier alpha value is -3.35. The molecule has 0 saturated carbocycles. The van der Waals surface area contributed by atoms with Gasteiger partial charge in [-0.1, -0.05) is 13.8 Å². The van der Waals surface area contributed by atoms with Gasteiger partial charge in [0.1, 0.15) is 22.9 Å². The highest BCUT2D eigenvalue weighted by atomic mass is 16.5. The van der Waals surface area contributed by atoms with Crippen molar-refractivity contribution in [1.82, 2.24) is 4.90 Å². The first-order valence-corrected chi connectivity index (χ1v) is 12.5. The molecule has 1 aromatic heterocycles. The molecule has 5 rings (SSSR count). The van der Waals surface area contributed by atoms with Gasteiger partial charge in [0.05, 0.1) is 17.1 Å². The molecular weight excluding hydrogens is 458 g/mol. The molecule has 0 spiro atoms. The number of amides is 1. The standard InChI is InChI=1S/C29H33NO6/c1-8-30-26(32)24-21(13-29(30,6)7)36-20-12-28(4,5)11-19(31)23(20)22(24)18-10-17(27(33)34)15(3)16-9-14(2)35-25(16)18/h9-10,22H,8,11-13H2,1-7H3,(H,33,34)/t22-/m1/s1. The summed E-state index contributed by atoms with van der Waals surface area (Å²) >= 11 is 0. The van der Waals surface area contributed by atoms with E-state index in [4.69, 9.17) is 9.15 Å². The predicted octanol–water partition coefficient (Wildman–Crippen LogP) is 5.79. The zero-order chi connectivity index (χ0) is 26.3. The van der Waals surface area contributed by atoms with Gasteiger partial charge in [0, 0.05) is 47.9 Å². The number of benzene rings is 1. The minimum absolute atomic E-state index is 0.0765. The number of Topliss-reactive ketones (excluding diaryl/α,β-unsaturated/α-hetero) is 1. The molecule has 2 aliphatic heterocycles. The number of carbonyl (C=O) groups excluding carboxylic acids is 2. The highest BCUT2D eigenvalue weighted by Crippen LogP contribution is 2.53. The second-order valence-electron chi connectivity index (χ2n) is 11.7. The van der Waals surface area contributed by atoms with E-state index in [1.54, 1.807) is 13.0 Å². The van der Waals surface area contributed by atoms with Crippen LogP contribution in [-0.4, -0.2) is 39.7 Å². The maximum Gasteiger partial charge on any atom is 0.335 e. The smallest absolute Gasteiger partial charge is 0.335 e. The molecule has 0 saturated heterocycles. The summed E-state index contributed by atoms with van der Waals surface area (Å²) < 4.78 is 12.5. The summed E-state index contributed by atoms with van der Waals surface area (Å²) in [5.74, 6) is -0.293. The van der Waals surface area contributed by atoms with Crippen LogP contribution in [0.4, 0.5) is 0 Å². The largest absolute Gasteiger partial charge is 0.478 e. The third-order valence-electron chi connectivity index (χ3n) is 7.89. The van der Waals surface area contributed by atoms with Crippen LogP contribution in [0.5, 0.6) is 0 Å². The summed E-state index contributed by atoms with van der Waals surface area (Å²) in [7, 11) is 0. The summed E-state index contributed by atoms with van der Waals surface area (Å²) in [6, 6.07) is 3.41. The predicted molar refractivity (Wildman–Crippen MR) is 135 cm³/mol. The average Bonchev–Trinajstić information content (AvgIpc) is 3.13. The normalized spacial score (nSPS) is 23.1. The number of ether oxygens (including phenoxy) is 1. The first-order valence-electron chi connectivity index (χ1n) is 12.5. The molecule has 1 aromatic carbocycles. The van der Waals surface area contributed by atoms with Crippen molar-refractivity contribution in [2.75, 3.05) is 6.54 Å².